The molecule has 0 spiro atoms. The monoisotopic (exact) mass is 476 g/mol. The van der Waals surface area contributed by atoms with Crippen LogP contribution in [-0.4, -0.2) is 26.8 Å². The van der Waals surface area contributed by atoms with Crippen LogP contribution in [0.1, 0.15) is 15.9 Å². The first-order chi connectivity index (χ1) is 15.2. The minimum atomic E-state index is -4.90. The van der Waals surface area contributed by atoms with Gasteiger partial charge < -0.3 is 15.4 Å². The Kier molecular flexibility index (Phi) is 7.45. The Balaban J connectivity index is 1.50. The van der Waals surface area contributed by atoms with E-state index in [1.54, 1.807) is 48.5 Å². The second-order valence-corrected chi connectivity index (χ2v) is 8.42. The van der Waals surface area contributed by atoms with Crippen LogP contribution in [0.5, 0.6) is 5.75 Å². The fraction of sp³-hybridized carbons (Fsp3) is 0.0909. The van der Waals surface area contributed by atoms with Gasteiger partial charge in [0.25, 0.3) is 11.8 Å². The van der Waals surface area contributed by atoms with E-state index in [1.165, 1.54) is 12.1 Å². The minimum absolute atomic E-state index is 0.000214. The summed E-state index contributed by atoms with van der Waals surface area (Å²) in [6, 6.07) is 18.1. The van der Waals surface area contributed by atoms with Crippen molar-refractivity contribution in [3.63, 3.8) is 0 Å². The summed E-state index contributed by atoms with van der Waals surface area (Å²) in [4.78, 5) is 23.7. The van der Waals surface area contributed by atoms with Crippen molar-refractivity contribution in [2.75, 3.05) is 11.9 Å². The van der Waals surface area contributed by atoms with Crippen molar-refractivity contribution in [3.8, 4) is 5.75 Å². The molecule has 32 heavy (non-hydrogen) atoms. The van der Waals surface area contributed by atoms with Crippen LogP contribution in [0.4, 0.5) is 9.57 Å². The highest BCUT2D eigenvalue weighted by Crippen LogP contribution is 2.18. The third kappa shape index (κ3) is 6.79. The lowest BCUT2D eigenvalue weighted by Crippen LogP contribution is -2.28. The van der Waals surface area contributed by atoms with E-state index in [0.717, 1.165) is 17.7 Å². The number of carbonyl (C=O) groups is 2. The van der Waals surface area contributed by atoms with Crippen LogP contribution < -0.4 is 15.4 Å². The fourth-order valence-corrected chi connectivity index (χ4v) is 3.34. The molecular weight excluding hydrogens is 459 g/mol. The van der Waals surface area contributed by atoms with Gasteiger partial charge in [-0.05, 0) is 54.1 Å². The van der Waals surface area contributed by atoms with Gasteiger partial charge in [-0.15, -0.1) is 3.89 Å². The van der Waals surface area contributed by atoms with Gasteiger partial charge in [-0.3, -0.25) is 9.59 Å². The van der Waals surface area contributed by atoms with Crippen molar-refractivity contribution in [2.45, 2.75) is 11.4 Å². The molecule has 7 nitrogen and oxygen atoms in total. The molecule has 2 N–H and O–H groups in total. The van der Waals surface area contributed by atoms with Gasteiger partial charge in [-0.2, -0.15) is 8.42 Å². The molecule has 0 saturated carbocycles. The number of halogens is 2. The lowest BCUT2D eigenvalue weighted by molar-refractivity contribution is -0.123. The van der Waals surface area contributed by atoms with E-state index in [1.807, 2.05) is 0 Å². The van der Waals surface area contributed by atoms with E-state index in [0.29, 0.717) is 16.5 Å². The number of hydrogen-bond acceptors (Lipinski definition) is 5. The second-order valence-electron chi connectivity index (χ2n) is 6.64. The molecule has 0 unspecified atom stereocenters. The molecule has 2 amide bonds. The average molecular weight is 477 g/mol. The molecule has 0 aromatic heterocycles. The predicted molar refractivity (Wildman–Crippen MR) is 118 cm³/mol. The molecule has 10 heteroatoms. The number of ether oxygens (including phenoxy) is 1. The quantitative estimate of drug-likeness (QED) is 0.479. The van der Waals surface area contributed by atoms with Crippen LogP contribution in [0.3, 0.4) is 0 Å². The largest absolute Gasteiger partial charge is 0.484 e. The molecule has 0 atom stereocenters. The van der Waals surface area contributed by atoms with Crippen molar-refractivity contribution >= 4 is 39.3 Å². The van der Waals surface area contributed by atoms with Gasteiger partial charge in [0, 0.05) is 22.8 Å². The maximum absolute atomic E-state index is 13.1. The van der Waals surface area contributed by atoms with Crippen LogP contribution >= 0.6 is 11.6 Å². The zero-order valence-electron chi connectivity index (χ0n) is 16.5. The highest BCUT2D eigenvalue weighted by Gasteiger charge is 2.15. The molecule has 0 fully saturated rings. The van der Waals surface area contributed by atoms with Gasteiger partial charge in [0.05, 0.1) is 4.90 Å². The summed E-state index contributed by atoms with van der Waals surface area (Å²) < 4.78 is 40.5. The minimum Gasteiger partial charge on any atom is -0.484 e. The first kappa shape index (κ1) is 23.2. The van der Waals surface area contributed by atoms with Crippen molar-refractivity contribution in [2.24, 2.45) is 0 Å². The molecule has 166 valence electrons. The van der Waals surface area contributed by atoms with E-state index >= 15 is 0 Å². The zero-order chi connectivity index (χ0) is 23.1. The normalized spacial score (nSPS) is 10.9. The molecule has 0 saturated heterocycles. The van der Waals surface area contributed by atoms with Crippen molar-refractivity contribution in [3.05, 3.63) is 88.9 Å². The van der Waals surface area contributed by atoms with Gasteiger partial charge in [0.1, 0.15) is 5.75 Å². The summed E-state index contributed by atoms with van der Waals surface area (Å²) in [5.74, 6) is -0.415. The van der Waals surface area contributed by atoms with Crippen molar-refractivity contribution in [1.29, 1.82) is 0 Å². The van der Waals surface area contributed by atoms with E-state index in [2.05, 4.69) is 10.6 Å². The Bertz CT molecular complexity index is 1230. The number of benzene rings is 3. The zero-order valence-corrected chi connectivity index (χ0v) is 18.1. The molecule has 3 aromatic rings. The van der Waals surface area contributed by atoms with Gasteiger partial charge >= 0.3 is 10.2 Å². The van der Waals surface area contributed by atoms with Gasteiger partial charge in [-0.25, -0.2) is 0 Å². The Morgan fingerprint density at radius 2 is 1.69 bits per heavy atom. The Labute approximate surface area is 189 Å². The molecule has 0 heterocycles. The molecule has 0 bridgehead atoms. The molecular formula is C22H18ClFN2O5S. The van der Waals surface area contributed by atoms with Crippen LogP contribution in [0, 0.1) is 0 Å². The van der Waals surface area contributed by atoms with Gasteiger partial charge in [0.15, 0.2) is 6.61 Å². The van der Waals surface area contributed by atoms with Gasteiger partial charge in [0.2, 0.25) is 0 Å². The van der Waals surface area contributed by atoms with Crippen LogP contribution in [0.15, 0.2) is 77.7 Å². The highest BCUT2D eigenvalue weighted by atomic mass is 35.5. The molecule has 0 aliphatic rings. The Hall–Kier alpha value is -3.43. The third-order valence-electron chi connectivity index (χ3n) is 4.25. The third-order valence-corrected chi connectivity index (χ3v) is 5.30. The summed E-state index contributed by atoms with van der Waals surface area (Å²) in [6.45, 7) is 0.0878. The number of carbonyl (C=O) groups excluding carboxylic acids is 2. The summed E-state index contributed by atoms with van der Waals surface area (Å²) in [5, 5.41) is 5.82. The molecule has 0 radical (unpaired) electrons. The maximum Gasteiger partial charge on any atom is 0.332 e. The molecule has 3 rings (SSSR count). The summed E-state index contributed by atoms with van der Waals surface area (Å²) in [6.07, 6.45) is 0. The first-order valence-electron chi connectivity index (χ1n) is 9.31. The van der Waals surface area contributed by atoms with Crippen LogP contribution in [0.25, 0.3) is 0 Å². The molecule has 0 aliphatic carbocycles. The van der Waals surface area contributed by atoms with Crippen molar-refractivity contribution in [1.82, 2.24) is 5.32 Å². The number of nitrogens with one attached hydrogen (secondary N) is 2. The lowest BCUT2D eigenvalue weighted by Gasteiger charge is -2.09. The number of anilines is 1. The first-order valence-corrected chi connectivity index (χ1v) is 11.1. The lowest BCUT2D eigenvalue weighted by atomic mass is 10.2. The number of rotatable bonds is 8. The standard InChI is InChI=1S/C22H18ClFN2O5S/c23-17-4-2-5-19(12-17)31-14-21(27)25-13-15-7-9-18(10-8-15)26-22(28)16-3-1-6-20(11-16)32(24,29)30/h1-12H,13-14H2,(H,25,27)(H,26,28). The van der Waals surface area contributed by atoms with Gasteiger partial charge in [-0.1, -0.05) is 35.9 Å². The predicted octanol–water partition coefficient (Wildman–Crippen LogP) is 3.95. The summed E-state index contributed by atoms with van der Waals surface area (Å²) in [7, 11) is -4.90. The Morgan fingerprint density at radius 1 is 0.969 bits per heavy atom. The second kappa shape index (κ2) is 10.3. The topological polar surface area (TPSA) is 102 Å². The SMILES string of the molecule is O=C(COc1cccc(Cl)c1)NCc1ccc(NC(=O)c2cccc(S(=O)(=O)F)c2)cc1. The number of amides is 2. The average Bonchev–Trinajstić information content (AvgIpc) is 2.77. The molecule has 3 aromatic carbocycles. The van der Waals surface area contributed by atoms with E-state index < -0.39 is 21.0 Å². The number of hydrogen-bond donors (Lipinski definition) is 2. The smallest absolute Gasteiger partial charge is 0.332 e. The van der Waals surface area contributed by atoms with E-state index in [-0.39, 0.29) is 24.6 Å². The van der Waals surface area contributed by atoms with Crippen LogP contribution in [0.2, 0.25) is 5.02 Å². The fourth-order valence-electron chi connectivity index (χ4n) is 2.66. The molecule has 0 aliphatic heterocycles. The van der Waals surface area contributed by atoms with Crippen LogP contribution in [-0.2, 0) is 21.6 Å². The summed E-state index contributed by atoms with van der Waals surface area (Å²) in [5.41, 5.74) is 1.23. The highest BCUT2D eigenvalue weighted by molar-refractivity contribution is 7.86. The van der Waals surface area contributed by atoms with E-state index in [4.69, 9.17) is 16.3 Å². The van der Waals surface area contributed by atoms with Crippen molar-refractivity contribution < 1.29 is 26.6 Å². The maximum atomic E-state index is 13.1. The Morgan fingerprint density at radius 3 is 2.38 bits per heavy atom. The van der Waals surface area contributed by atoms with E-state index in [9.17, 15) is 21.9 Å². The summed E-state index contributed by atoms with van der Waals surface area (Å²) >= 11 is 5.86.